The lowest BCUT2D eigenvalue weighted by atomic mass is 10.0. The molecule has 1 aliphatic heterocycles. The van der Waals surface area contributed by atoms with Crippen LogP contribution in [0, 0.1) is 24.5 Å². The number of nitrogens with one attached hydrogen (secondary N) is 2. The van der Waals surface area contributed by atoms with Gasteiger partial charge >= 0.3 is 0 Å². The number of anilines is 1. The Morgan fingerprint density at radius 1 is 1.11 bits per heavy atom. The van der Waals surface area contributed by atoms with Crippen LogP contribution in [0.3, 0.4) is 0 Å². The maximum Gasteiger partial charge on any atom is 0.251 e. The molecule has 0 aliphatic carbocycles. The number of aromatic nitrogens is 1. The maximum absolute atomic E-state index is 14.4. The predicted octanol–water partition coefficient (Wildman–Crippen LogP) is 4.51. The Morgan fingerprint density at radius 2 is 1.86 bits per heavy atom. The number of ether oxygens (including phenoxy) is 2. The molecule has 3 aromatic rings. The lowest BCUT2D eigenvalue weighted by molar-refractivity contribution is 0.249. The molecule has 37 heavy (non-hydrogen) atoms. The average molecular weight is 534 g/mol. The molecule has 0 bridgehead atoms. The van der Waals surface area contributed by atoms with Gasteiger partial charge in [0.1, 0.15) is 17.3 Å². The summed E-state index contributed by atoms with van der Waals surface area (Å²) in [7, 11) is -1.56. The fourth-order valence-corrected chi connectivity index (χ4v) is 4.91. The maximum atomic E-state index is 14.4. The molecule has 1 aliphatic rings. The largest absolute Gasteiger partial charge is 0.492 e. The van der Waals surface area contributed by atoms with Gasteiger partial charge in [0.25, 0.3) is 5.56 Å². The van der Waals surface area contributed by atoms with Crippen LogP contribution in [0.15, 0.2) is 47.3 Å². The third-order valence-electron chi connectivity index (χ3n) is 6.17. The molecule has 0 spiro atoms. The monoisotopic (exact) mass is 533 g/mol. The van der Waals surface area contributed by atoms with Gasteiger partial charge in [-0.05, 0) is 64.2 Å². The van der Waals surface area contributed by atoms with Crippen molar-refractivity contribution in [2.24, 2.45) is 5.92 Å². The molecule has 1 aromatic heterocycles. The van der Waals surface area contributed by atoms with Gasteiger partial charge in [-0.1, -0.05) is 0 Å². The summed E-state index contributed by atoms with van der Waals surface area (Å²) in [5, 5.41) is 0. The Bertz CT molecular complexity index is 1460. The summed E-state index contributed by atoms with van der Waals surface area (Å²) in [6.07, 6.45) is 0.959. The van der Waals surface area contributed by atoms with E-state index in [2.05, 4.69) is 14.6 Å². The van der Waals surface area contributed by atoms with Crippen LogP contribution in [-0.4, -0.2) is 50.8 Å². The van der Waals surface area contributed by atoms with E-state index < -0.39 is 21.7 Å². The lowest BCUT2D eigenvalue weighted by Gasteiger charge is -2.20. The van der Waals surface area contributed by atoms with E-state index in [1.165, 1.54) is 31.2 Å². The Hall–Kier alpha value is -3.44. The van der Waals surface area contributed by atoms with E-state index in [1.807, 2.05) is 7.05 Å². The Kier molecular flexibility index (Phi) is 7.84. The van der Waals surface area contributed by atoms with Crippen molar-refractivity contribution in [3.63, 3.8) is 0 Å². The van der Waals surface area contributed by atoms with Gasteiger partial charge in [-0.25, -0.2) is 17.2 Å². The molecule has 0 saturated carbocycles. The van der Waals surface area contributed by atoms with E-state index in [-0.39, 0.29) is 40.2 Å². The number of rotatable bonds is 9. The van der Waals surface area contributed by atoms with Crippen LogP contribution in [0.25, 0.3) is 11.1 Å². The van der Waals surface area contributed by atoms with E-state index in [1.54, 1.807) is 6.92 Å². The van der Waals surface area contributed by atoms with Crippen LogP contribution < -0.4 is 19.8 Å². The minimum absolute atomic E-state index is 0.136. The number of sulfonamides is 1. The summed E-state index contributed by atoms with van der Waals surface area (Å²) in [5.74, 6) is -1.28. The first-order valence-corrected chi connectivity index (χ1v) is 13.5. The van der Waals surface area contributed by atoms with Crippen LogP contribution in [-0.2, 0) is 10.0 Å². The quantitative estimate of drug-likeness (QED) is 0.420. The molecule has 0 radical (unpaired) electrons. The molecule has 1 unspecified atom stereocenters. The number of hydrogen-bond donors (Lipinski definition) is 2. The second kappa shape index (κ2) is 10.9. The van der Waals surface area contributed by atoms with E-state index in [9.17, 15) is 22.0 Å². The van der Waals surface area contributed by atoms with Gasteiger partial charge in [-0.2, -0.15) is 0 Å². The highest BCUT2D eigenvalue weighted by Gasteiger charge is 2.23. The summed E-state index contributed by atoms with van der Waals surface area (Å²) in [6, 6.07) is 8.75. The molecule has 0 amide bonds. The van der Waals surface area contributed by atoms with Gasteiger partial charge in [0, 0.05) is 47.1 Å². The zero-order valence-corrected chi connectivity index (χ0v) is 21.6. The third-order valence-corrected chi connectivity index (χ3v) is 7.48. The molecule has 1 saturated heterocycles. The summed E-state index contributed by atoms with van der Waals surface area (Å²) < 4.78 is 66.7. The fraction of sp³-hybridized carbons (Fsp3) is 0.346. The molecule has 11 heteroatoms. The van der Waals surface area contributed by atoms with Crippen LogP contribution >= 0.6 is 0 Å². The summed E-state index contributed by atoms with van der Waals surface area (Å²) in [4.78, 5) is 17.3. The first-order valence-electron chi connectivity index (χ1n) is 11.9. The summed E-state index contributed by atoms with van der Waals surface area (Å²) in [6.45, 7) is 5.39. The highest BCUT2D eigenvalue weighted by Crippen LogP contribution is 2.41. The highest BCUT2D eigenvalue weighted by molar-refractivity contribution is 7.92. The molecule has 8 nitrogen and oxygen atoms in total. The van der Waals surface area contributed by atoms with Gasteiger partial charge < -0.3 is 19.4 Å². The molecular formula is C26H29F2N3O5S. The van der Waals surface area contributed by atoms with Crippen molar-refractivity contribution < 1.29 is 26.7 Å². The van der Waals surface area contributed by atoms with Crippen molar-refractivity contribution in [3.8, 4) is 28.4 Å². The van der Waals surface area contributed by atoms with Crippen molar-refractivity contribution in [2.45, 2.75) is 20.3 Å². The smallest absolute Gasteiger partial charge is 0.251 e. The van der Waals surface area contributed by atoms with E-state index >= 15 is 0 Å². The highest BCUT2D eigenvalue weighted by atomic mass is 32.2. The molecular weight excluding hydrogens is 504 g/mol. The number of nitrogens with zero attached hydrogens (tertiary/aromatic N) is 1. The van der Waals surface area contributed by atoms with Crippen LogP contribution in [0.1, 0.15) is 19.0 Å². The average Bonchev–Trinajstić information content (AvgIpc) is 3.25. The van der Waals surface area contributed by atoms with Crippen LogP contribution in [0.5, 0.6) is 17.2 Å². The van der Waals surface area contributed by atoms with E-state index in [4.69, 9.17) is 9.47 Å². The second-order valence-electron chi connectivity index (χ2n) is 9.12. The Balaban J connectivity index is 1.81. The van der Waals surface area contributed by atoms with Crippen molar-refractivity contribution in [1.29, 1.82) is 0 Å². The van der Waals surface area contributed by atoms with Crippen molar-refractivity contribution in [2.75, 3.05) is 37.2 Å². The minimum Gasteiger partial charge on any atom is -0.492 e. The van der Waals surface area contributed by atoms with Gasteiger partial charge in [-0.3, -0.25) is 9.52 Å². The number of likely N-dealkylation sites (tertiary alicyclic amines) is 1. The van der Waals surface area contributed by atoms with Crippen molar-refractivity contribution in [1.82, 2.24) is 9.88 Å². The number of halogens is 2. The molecule has 4 rings (SSSR count). The van der Waals surface area contributed by atoms with E-state index in [0.29, 0.717) is 29.5 Å². The molecule has 1 atom stereocenters. The van der Waals surface area contributed by atoms with Crippen molar-refractivity contribution >= 4 is 15.7 Å². The summed E-state index contributed by atoms with van der Waals surface area (Å²) >= 11 is 0. The number of aryl methyl sites for hydroxylation is 1. The van der Waals surface area contributed by atoms with Crippen LogP contribution in [0.4, 0.5) is 14.5 Å². The van der Waals surface area contributed by atoms with Gasteiger partial charge in [0.2, 0.25) is 10.0 Å². The minimum atomic E-state index is -3.59. The molecule has 2 aromatic carbocycles. The van der Waals surface area contributed by atoms with Gasteiger partial charge in [0.15, 0.2) is 11.6 Å². The fourth-order valence-electron chi connectivity index (χ4n) is 4.28. The zero-order chi connectivity index (χ0) is 26.7. The predicted molar refractivity (Wildman–Crippen MR) is 138 cm³/mol. The normalized spacial score (nSPS) is 16.1. The molecule has 2 N–H and O–H groups in total. The topological polar surface area (TPSA) is 101 Å². The first kappa shape index (κ1) is 26.6. The van der Waals surface area contributed by atoms with Crippen LogP contribution in [0.2, 0.25) is 0 Å². The first-order chi connectivity index (χ1) is 17.5. The van der Waals surface area contributed by atoms with Gasteiger partial charge in [0.05, 0.1) is 12.4 Å². The molecule has 198 valence electrons. The van der Waals surface area contributed by atoms with E-state index in [0.717, 1.165) is 31.6 Å². The Morgan fingerprint density at radius 3 is 2.54 bits per heavy atom. The third kappa shape index (κ3) is 6.47. The standard InChI is InChI=1S/C26H29F2N3O5S/c1-4-37(33,34)30-19-6-8-22(36-23-7-5-18(27)11-21(23)28)20(12-19)26-16(2)29-25(32)13-24(26)35-15-17-9-10-31(3)14-17/h5-8,11-13,17,30H,4,9-10,14-15H2,1-3H3,(H,29,32). The number of H-pyrrole nitrogens is 1. The zero-order valence-electron chi connectivity index (χ0n) is 20.8. The van der Waals surface area contributed by atoms with Gasteiger partial charge in [-0.15, -0.1) is 0 Å². The number of aromatic amines is 1. The summed E-state index contributed by atoms with van der Waals surface area (Å²) in [5.41, 5.74) is 1.15. The Labute approximate surface area is 214 Å². The lowest BCUT2D eigenvalue weighted by Crippen LogP contribution is -2.19. The molecule has 1 fully saturated rings. The van der Waals surface area contributed by atoms with Crippen molar-refractivity contribution in [3.05, 3.63) is 70.1 Å². The second-order valence-corrected chi connectivity index (χ2v) is 11.1. The SMILES string of the molecule is CCS(=O)(=O)Nc1ccc(Oc2ccc(F)cc2F)c(-c2c(OCC3CCN(C)C3)cc(=O)[nH]c2C)c1. The number of benzene rings is 2. The number of hydrogen-bond acceptors (Lipinski definition) is 6. The molecule has 2 heterocycles. The number of pyridine rings is 1.